The van der Waals surface area contributed by atoms with E-state index in [-0.39, 0.29) is 43.0 Å². The van der Waals surface area contributed by atoms with Crippen molar-refractivity contribution < 1.29 is 23.0 Å². The molecule has 0 unspecified atom stereocenters. The summed E-state index contributed by atoms with van der Waals surface area (Å²) in [4.78, 5) is 2.03. The summed E-state index contributed by atoms with van der Waals surface area (Å²) >= 11 is 0. The average molecular weight is 391 g/mol. The minimum Gasteiger partial charge on any atom is -0.504 e. The van der Waals surface area contributed by atoms with Gasteiger partial charge in [-0.3, -0.25) is 4.90 Å². The lowest BCUT2D eigenvalue weighted by atomic mass is 9.98. The fraction of sp³-hybridized carbons (Fsp3) is 0.600. The summed E-state index contributed by atoms with van der Waals surface area (Å²) in [5.74, 6) is 0.269. The lowest BCUT2D eigenvalue weighted by molar-refractivity contribution is -0.138. The quantitative estimate of drug-likeness (QED) is 0.806. The number of alkyl halides is 3. The number of piperazine rings is 1. The molecule has 140 valence electrons. The van der Waals surface area contributed by atoms with Gasteiger partial charge in [0.2, 0.25) is 0 Å². The van der Waals surface area contributed by atoms with Crippen molar-refractivity contribution in [2.45, 2.75) is 25.1 Å². The van der Waals surface area contributed by atoms with Crippen molar-refractivity contribution in [1.29, 1.82) is 0 Å². The van der Waals surface area contributed by atoms with E-state index in [9.17, 15) is 18.3 Å². The predicted octanol–water partition coefficient (Wildman–Crippen LogP) is 3.53. The zero-order valence-corrected chi connectivity index (χ0v) is 14.9. The Hall–Kier alpha value is -0.890. The normalized spacial score (nSPS) is 16.7. The molecule has 1 fully saturated rings. The van der Waals surface area contributed by atoms with Gasteiger partial charge in [-0.15, -0.1) is 24.8 Å². The lowest BCUT2D eigenvalue weighted by Gasteiger charge is -2.35. The van der Waals surface area contributed by atoms with E-state index in [1.807, 2.05) is 4.90 Å². The van der Waals surface area contributed by atoms with Crippen LogP contribution in [0.3, 0.4) is 0 Å². The smallest absolute Gasteiger partial charge is 0.389 e. The molecule has 4 nitrogen and oxygen atoms in total. The summed E-state index contributed by atoms with van der Waals surface area (Å²) in [6, 6.07) is 4.46. The van der Waals surface area contributed by atoms with Crippen LogP contribution in [0.15, 0.2) is 18.2 Å². The summed E-state index contributed by atoms with van der Waals surface area (Å²) in [5.41, 5.74) is 0.685. The third kappa shape index (κ3) is 6.55. The van der Waals surface area contributed by atoms with Crippen LogP contribution in [0, 0.1) is 0 Å². The van der Waals surface area contributed by atoms with Gasteiger partial charge >= 0.3 is 6.18 Å². The first-order valence-electron chi connectivity index (χ1n) is 7.29. The fourth-order valence-corrected chi connectivity index (χ4v) is 2.77. The number of hydrogen-bond donors (Lipinski definition) is 2. The van der Waals surface area contributed by atoms with Gasteiger partial charge in [-0.1, -0.05) is 6.07 Å². The van der Waals surface area contributed by atoms with Gasteiger partial charge in [-0.05, 0) is 24.1 Å². The Kier molecular flexibility index (Phi) is 9.80. The molecule has 1 atom stereocenters. The van der Waals surface area contributed by atoms with E-state index in [4.69, 9.17) is 4.74 Å². The van der Waals surface area contributed by atoms with E-state index in [0.29, 0.717) is 24.4 Å². The van der Waals surface area contributed by atoms with E-state index in [0.717, 1.165) is 13.1 Å². The number of rotatable bonds is 5. The Morgan fingerprint density at radius 2 is 1.88 bits per heavy atom. The Morgan fingerprint density at radius 1 is 1.25 bits per heavy atom. The van der Waals surface area contributed by atoms with Gasteiger partial charge in [-0.2, -0.15) is 13.2 Å². The topological polar surface area (TPSA) is 44.7 Å². The first-order chi connectivity index (χ1) is 10.4. The zero-order chi connectivity index (χ0) is 16.2. The average Bonchev–Trinajstić information content (AvgIpc) is 2.47. The third-order valence-electron chi connectivity index (χ3n) is 3.88. The molecule has 24 heavy (non-hydrogen) atoms. The molecule has 0 radical (unpaired) electrons. The van der Waals surface area contributed by atoms with E-state index in [1.54, 1.807) is 12.1 Å². The van der Waals surface area contributed by atoms with Gasteiger partial charge in [0.05, 0.1) is 7.11 Å². The minimum atomic E-state index is -4.18. The molecular weight excluding hydrogens is 368 g/mol. The molecule has 2 N–H and O–H groups in total. The SMILES string of the molecule is COc1ccc([C@@H](CCC(F)(F)F)N2CCNCC2)cc1O.Cl.Cl. The zero-order valence-electron chi connectivity index (χ0n) is 13.3. The molecule has 2 rings (SSSR count). The highest BCUT2D eigenvalue weighted by atomic mass is 35.5. The van der Waals surface area contributed by atoms with Crippen LogP contribution in [-0.2, 0) is 0 Å². The highest BCUT2D eigenvalue weighted by Gasteiger charge is 2.31. The number of phenols is 1. The minimum absolute atomic E-state index is 0. The van der Waals surface area contributed by atoms with Crippen LogP contribution in [0.5, 0.6) is 11.5 Å². The molecule has 0 aliphatic carbocycles. The highest BCUT2D eigenvalue weighted by Crippen LogP contribution is 2.35. The molecule has 9 heteroatoms. The number of aromatic hydroxyl groups is 1. The van der Waals surface area contributed by atoms with Gasteiger partial charge in [0.1, 0.15) is 0 Å². The molecule has 0 amide bonds. The Morgan fingerprint density at radius 3 is 2.38 bits per heavy atom. The van der Waals surface area contributed by atoms with Crippen LogP contribution < -0.4 is 10.1 Å². The summed E-state index contributed by atoms with van der Waals surface area (Å²) < 4.78 is 42.8. The number of hydrogen-bond acceptors (Lipinski definition) is 4. The molecule has 1 aromatic rings. The summed E-state index contributed by atoms with van der Waals surface area (Å²) in [6.45, 7) is 2.89. The number of halogens is 5. The van der Waals surface area contributed by atoms with Crippen LogP contribution in [-0.4, -0.2) is 49.5 Å². The van der Waals surface area contributed by atoms with E-state index < -0.39 is 12.6 Å². The monoisotopic (exact) mass is 390 g/mol. The standard InChI is InChI=1S/C15H21F3N2O2.2ClH/c1-22-14-3-2-11(10-13(14)21)12(4-5-15(16,17)18)20-8-6-19-7-9-20;;/h2-3,10,12,19,21H,4-9H2,1H3;2*1H/t12-;;/m1../s1. The van der Waals surface area contributed by atoms with Gasteiger partial charge in [-0.25, -0.2) is 0 Å². The number of phenolic OH excluding ortho intramolecular Hbond substituents is 1. The van der Waals surface area contributed by atoms with Crippen LogP contribution in [0.25, 0.3) is 0 Å². The molecule has 1 heterocycles. The van der Waals surface area contributed by atoms with Gasteiger partial charge in [0, 0.05) is 38.6 Å². The molecule has 0 bridgehead atoms. The van der Waals surface area contributed by atoms with Gasteiger partial charge in [0.15, 0.2) is 11.5 Å². The van der Waals surface area contributed by atoms with E-state index in [2.05, 4.69) is 5.32 Å². The molecule has 0 spiro atoms. The highest BCUT2D eigenvalue weighted by molar-refractivity contribution is 5.85. The first kappa shape index (κ1) is 23.1. The number of ether oxygens (including phenoxy) is 1. The summed E-state index contributed by atoms with van der Waals surface area (Å²) in [6.07, 6.45) is -5.04. The van der Waals surface area contributed by atoms with Crippen molar-refractivity contribution in [2.75, 3.05) is 33.3 Å². The second kappa shape index (κ2) is 10.2. The largest absolute Gasteiger partial charge is 0.504 e. The second-order valence-corrected chi connectivity index (χ2v) is 5.39. The number of nitrogens with one attached hydrogen (secondary N) is 1. The van der Waals surface area contributed by atoms with Crippen molar-refractivity contribution in [3.63, 3.8) is 0 Å². The molecular formula is C15H23Cl2F3N2O2. The molecule has 0 saturated carbocycles. The maximum atomic E-state index is 12.6. The maximum Gasteiger partial charge on any atom is 0.389 e. The van der Waals surface area contributed by atoms with Crippen LogP contribution in [0.2, 0.25) is 0 Å². The summed E-state index contributed by atoms with van der Waals surface area (Å²) in [5, 5.41) is 13.1. The van der Waals surface area contributed by atoms with Gasteiger partial charge < -0.3 is 15.2 Å². The molecule has 1 aliphatic heterocycles. The number of methoxy groups -OCH3 is 1. The molecule has 1 aromatic carbocycles. The van der Waals surface area contributed by atoms with Crippen molar-refractivity contribution in [3.8, 4) is 11.5 Å². The molecule has 1 saturated heterocycles. The van der Waals surface area contributed by atoms with Crippen molar-refractivity contribution >= 4 is 24.8 Å². The van der Waals surface area contributed by atoms with E-state index >= 15 is 0 Å². The fourth-order valence-electron chi connectivity index (χ4n) is 2.77. The Labute approximate surface area is 152 Å². The van der Waals surface area contributed by atoms with Crippen LogP contribution in [0.4, 0.5) is 13.2 Å². The molecule has 1 aliphatic rings. The van der Waals surface area contributed by atoms with Crippen molar-refractivity contribution in [1.82, 2.24) is 10.2 Å². The second-order valence-electron chi connectivity index (χ2n) is 5.39. The van der Waals surface area contributed by atoms with Crippen LogP contribution >= 0.6 is 24.8 Å². The number of nitrogens with zero attached hydrogens (tertiary/aromatic N) is 1. The Bertz CT molecular complexity index is 498. The van der Waals surface area contributed by atoms with E-state index in [1.165, 1.54) is 13.2 Å². The van der Waals surface area contributed by atoms with Gasteiger partial charge in [0.25, 0.3) is 0 Å². The van der Waals surface area contributed by atoms with Crippen molar-refractivity contribution in [3.05, 3.63) is 23.8 Å². The maximum absolute atomic E-state index is 12.6. The first-order valence-corrected chi connectivity index (χ1v) is 7.29. The number of benzene rings is 1. The lowest BCUT2D eigenvalue weighted by Crippen LogP contribution is -2.45. The van der Waals surface area contributed by atoms with Crippen LogP contribution in [0.1, 0.15) is 24.4 Å². The van der Waals surface area contributed by atoms with Crippen molar-refractivity contribution in [2.24, 2.45) is 0 Å². The summed E-state index contributed by atoms with van der Waals surface area (Å²) in [7, 11) is 1.44. The molecule has 0 aromatic heterocycles. The Balaban J connectivity index is 0.00000264. The third-order valence-corrected chi connectivity index (χ3v) is 3.88. The predicted molar refractivity (Wildman–Crippen MR) is 91.6 cm³/mol.